The molecule has 8 nitrogen and oxygen atoms in total. The maximum absolute atomic E-state index is 12.6. The number of aliphatic carboxylic acids is 1. The number of hydrogen-bond acceptors (Lipinski definition) is 6. The number of carbonyl (C=O) groups is 3. The minimum absolute atomic E-state index is 0.0784. The smallest absolute Gasteiger partial charge is 0.327 e. The zero-order chi connectivity index (χ0) is 20.0. The maximum atomic E-state index is 12.6. The first kappa shape index (κ1) is 21.1. The van der Waals surface area contributed by atoms with Crippen molar-refractivity contribution in [3.63, 3.8) is 0 Å². The number of carbonyl (C=O) groups excluding carboxylic acids is 2. The van der Waals surface area contributed by atoms with Crippen LogP contribution in [0.4, 0.5) is 0 Å². The summed E-state index contributed by atoms with van der Waals surface area (Å²) in [7, 11) is 0. The van der Waals surface area contributed by atoms with Gasteiger partial charge in [0.1, 0.15) is 12.1 Å². The molecule has 0 bridgehead atoms. The quantitative estimate of drug-likeness (QED) is 0.291. The van der Waals surface area contributed by atoms with E-state index < -0.39 is 35.9 Å². The van der Waals surface area contributed by atoms with Crippen LogP contribution < -0.4 is 16.4 Å². The molecule has 6 N–H and O–H groups in total. The predicted molar refractivity (Wildman–Crippen MR) is 109 cm³/mol. The summed E-state index contributed by atoms with van der Waals surface area (Å²) in [6.07, 6.45) is 1.92. The molecule has 0 aliphatic heterocycles. The van der Waals surface area contributed by atoms with Crippen LogP contribution in [0.5, 0.6) is 0 Å². The highest BCUT2D eigenvalue weighted by Gasteiger charge is 2.28. The molecule has 0 aliphatic carbocycles. The van der Waals surface area contributed by atoms with Crippen LogP contribution in [0.3, 0.4) is 0 Å². The van der Waals surface area contributed by atoms with Crippen molar-refractivity contribution in [1.29, 1.82) is 0 Å². The van der Waals surface area contributed by atoms with Gasteiger partial charge in [-0.05, 0) is 11.6 Å². The van der Waals surface area contributed by atoms with Crippen LogP contribution in [0.25, 0.3) is 10.9 Å². The predicted octanol–water partition coefficient (Wildman–Crippen LogP) is -0.0485. The number of carboxylic acid groups (broad SMARTS) is 1. The third-order valence-corrected chi connectivity index (χ3v) is 4.82. The van der Waals surface area contributed by atoms with Crippen molar-refractivity contribution in [2.45, 2.75) is 24.5 Å². The molecule has 1 aromatic carbocycles. The van der Waals surface area contributed by atoms with Crippen molar-refractivity contribution in [3.05, 3.63) is 36.0 Å². The number of carboxylic acids is 1. The summed E-state index contributed by atoms with van der Waals surface area (Å²) in [4.78, 5) is 39.1. The van der Waals surface area contributed by atoms with Gasteiger partial charge in [0.15, 0.2) is 0 Å². The van der Waals surface area contributed by atoms with Gasteiger partial charge in [0.25, 0.3) is 0 Å². The molecule has 0 spiro atoms. The highest BCUT2D eigenvalue weighted by Crippen LogP contribution is 2.19. The monoisotopic (exact) mass is 410 g/mol. The van der Waals surface area contributed by atoms with Gasteiger partial charge in [-0.3, -0.25) is 9.59 Å². The summed E-state index contributed by atoms with van der Waals surface area (Å²) < 4.78 is 0. The normalized spacial score (nSPS) is 14.3. The van der Waals surface area contributed by atoms with Crippen molar-refractivity contribution in [3.8, 4) is 0 Å². The lowest BCUT2D eigenvalue weighted by Crippen LogP contribution is -2.55. The van der Waals surface area contributed by atoms with Crippen molar-refractivity contribution in [2.24, 2.45) is 5.73 Å². The average Bonchev–Trinajstić information content (AvgIpc) is 3.07. The van der Waals surface area contributed by atoms with E-state index >= 15 is 0 Å². The van der Waals surface area contributed by atoms with Crippen LogP contribution in [-0.4, -0.2) is 57.5 Å². The fourth-order valence-corrected chi connectivity index (χ4v) is 2.96. The van der Waals surface area contributed by atoms with Crippen molar-refractivity contribution >= 4 is 53.9 Å². The highest BCUT2D eigenvalue weighted by molar-refractivity contribution is 7.80. The highest BCUT2D eigenvalue weighted by atomic mass is 32.1. The number of thiol groups is 2. The lowest BCUT2D eigenvalue weighted by Gasteiger charge is -2.22. The molecule has 1 heterocycles. The Morgan fingerprint density at radius 2 is 1.74 bits per heavy atom. The summed E-state index contributed by atoms with van der Waals surface area (Å²) >= 11 is 7.92. The number of aromatic nitrogens is 1. The number of rotatable bonds is 9. The van der Waals surface area contributed by atoms with E-state index in [0.29, 0.717) is 0 Å². The summed E-state index contributed by atoms with van der Waals surface area (Å²) in [5.74, 6) is -2.33. The van der Waals surface area contributed by atoms with Crippen LogP contribution in [0.2, 0.25) is 0 Å². The van der Waals surface area contributed by atoms with Crippen LogP contribution in [-0.2, 0) is 20.8 Å². The zero-order valence-corrected chi connectivity index (χ0v) is 16.2. The van der Waals surface area contributed by atoms with Crippen LogP contribution in [0, 0.1) is 0 Å². The standard InChI is InChI=1S/C17H22N4O4S2/c18-11(7-26)15(22)20-13(16(23)21-14(8-27)17(24)25)5-9-6-19-12-4-2-1-3-10(9)12/h1-4,6,11,13-14,19,26-27H,5,7-8,18H2,(H,20,22)(H,21,23)(H,24,25)/t11-,13+,14-/m0/s1. The Hall–Kier alpha value is -2.17. The summed E-state index contributed by atoms with van der Waals surface area (Å²) in [6.45, 7) is 0. The minimum Gasteiger partial charge on any atom is -0.480 e. The molecule has 2 aromatic rings. The fourth-order valence-electron chi connectivity index (χ4n) is 2.55. The van der Waals surface area contributed by atoms with E-state index in [1.165, 1.54) is 0 Å². The van der Waals surface area contributed by atoms with Gasteiger partial charge >= 0.3 is 5.97 Å². The maximum Gasteiger partial charge on any atom is 0.327 e. The SMILES string of the molecule is N[C@@H](CS)C(=O)N[C@H](Cc1c[nH]c2ccccc12)C(=O)N[C@@H](CS)C(=O)O. The minimum atomic E-state index is -1.21. The summed E-state index contributed by atoms with van der Waals surface area (Å²) in [6, 6.07) is 4.49. The number of nitrogens with two attached hydrogens (primary N) is 1. The third kappa shape index (κ3) is 5.41. The van der Waals surface area contributed by atoms with Crippen molar-refractivity contribution in [1.82, 2.24) is 15.6 Å². The average molecular weight is 411 g/mol. The molecule has 0 aliphatic rings. The van der Waals surface area contributed by atoms with Gasteiger partial charge < -0.3 is 26.5 Å². The Balaban J connectivity index is 2.24. The molecule has 0 unspecified atom stereocenters. The van der Waals surface area contributed by atoms with Crippen LogP contribution >= 0.6 is 25.3 Å². The number of aromatic amines is 1. The Bertz CT molecular complexity index is 826. The van der Waals surface area contributed by atoms with Crippen LogP contribution in [0.1, 0.15) is 5.56 Å². The number of fused-ring (bicyclic) bond motifs is 1. The Morgan fingerprint density at radius 1 is 1.07 bits per heavy atom. The molecule has 146 valence electrons. The molecule has 2 amide bonds. The van der Waals surface area contributed by atoms with E-state index in [1.54, 1.807) is 6.20 Å². The Labute approximate surface area is 167 Å². The summed E-state index contributed by atoms with van der Waals surface area (Å²) in [5.41, 5.74) is 7.37. The lowest BCUT2D eigenvalue weighted by atomic mass is 10.0. The molecule has 27 heavy (non-hydrogen) atoms. The number of amides is 2. The van der Waals surface area contributed by atoms with Crippen LogP contribution in [0.15, 0.2) is 30.5 Å². The molecule has 0 saturated carbocycles. The first-order valence-electron chi connectivity index (χ1n) is 8.23. The van der Waals surface area contributed by atoms with Gasteiger partial charge in [-0.25, -0.2) is 4.79 Å². The first-order chi connectivity index (χ1) is 12.9. The van der Waals surface area contributed by atoms with E-state index in [-0.39, 0.29) is 17.9 Å². The van der Waals surface area contributed by atoms with Gasteiger partial charge in [0, 0.05) is 35.0 Å². The van der Waals surface area contributed by atoms with E-state index in [9.17, 15) is 14.4 Å². The second-order valence-corrected chi connectivity index (χ2v) is 6.73. The number of H-pyrrole nitrogens is 1. The van der Waals surface area contributed by atoms with E-state index in [1.807, 2.05) is 24.3 Å². The second kappa shape index (κ2) is 9.67. The molecule has 1 aromatic heterocycles. The van der Waals surface area contributed by atoms with Gasteiger partial charge in [-0.15, -0.1) is 0 Å². The Morgan fingerprint density at radius 3 is 2.37 bits per heavy atom. The first-order valence-corrected chi connectivity index (χ1v) is 9.49. The number of hydrogen-bond donors (Lipinski definition) is 7. The molecule has 0 fully saturated rings. The van der Waals surface area contributed by atoms with Crippen molar-refractivity contribution in [2.75, 3.05) is 11.5 Å². The molecule has 0 saturated heterocycles. The zero-order valence-electron chi connectivity index (χ0n) is 14.4. The van der Waals surface area contributed by atoms with Gasteiger partial charge in [-0.1, -0.05) is 18.2 Å². The topological polar surface area (TPSA) is 137 Å². The number of para-hydroxylation sites is 1. The molecule has 10 heteroatoms. The van der Waals surface area contributed by atoms with E-state index in [0.717, 1.165) is 16.5 Å². The summed E-state index contributed by atoms with van der Waals surface area (Å²) in [5, 5.41) is 15.0. The number of nitrogens with one attached hydrogen (secondary N) is 3. The van der Waals surface area contributed by atoms with Gasteiger partial charge in [-0.2, -0.15) is 25.3 Å². The number of benzene rings is 1. The van der Waals surface area contributed by atoms with Gasteiger partial charge in [0.2, 0.25) is 11.8 Å². The van der Waals surface area contributed by atoms with Crippen molar-refractivity contribution < 1.29 is 19.5 Å². The van der Waals surface area contributed by atoms with Gasteiger partial charge in [0.05, 0.1) is 6.04 Å². The van der Waals surface area contributed by atoms with E-state index in [4.69, 9.17) is 10.8 Å². The van der Waals surface area contributed by atoms with E-state index in [2.05, 4.69) is 40.9 Å². The third-order valence-electron chi connectivity index (χ3n) is 4.06. The molecular weight excluding hydrogens is 388 g/mol. The fraction of sp³-hybridized carbons (Fsp3) is 0.353. The largest absolute Gasteiger partial charge is 0.480 e. The molecule has 3 atom stereocenters. The molecule has 2 rings (SSSR count). The molecular formula is C17H22N4O4S2. The lowest BCUT2D eigenvalue weighted by molar-refractivity contribution is -0.141. The second-order valence-electron chi connectivity index (χ2n) is 6.00. The Kier molecular flexibility index (Phi) is 7.57. The molecule has 0 radical (unpaired) electrons.